The third kappa shape index (κ3) is 3.03. The zero-order chi connectivity index (χ0) is 14.0. The number of imidazole rings is 1. The molecule has 0 bridgehead atoms. The number of benzene rings is 1. The fraction of sp³-hybridized carbons (Fsp3) is 0.0909. The molecule has 0 radical (unpaired) electrons. The number of aromatic carboxylic acids is 1. The zero-order valence-corrected chi connectivity index (χ0v) is 9.23. The van der Waals surface area contributed by atoms with Crippen molar-refractivity contribution in [1.82, 2.24) is 9.97 Å². The van der Waals surface area contributed by atoms with Crippen molar-refractivity contribution in [3.63, 3.8) is 0 Å². The molecule has 0 fully saturated rings. The van der Waals surface area contributed by atoms with E-state index in [0.717, 1.165) is 18.3 Å². The second-order valence-electron chi connectivity index (χ2n) is 3.53. The smallest absolute Gasteiger partial charge is 0.416 e. The van der Waals surface area contributed by atoms with Gasteiger partial charge in [-0.1, -0.05) is 6.07 Å². The first kappa shape index (κ1) is 12.9. The van der Waals surface area contributed by atoms with Crippen LogP contribution in [0, 0.1) is 0 Å². The first-order valence-corrected chi connectivity index (χ1v) is 4.99. The molecule has 1 aromatic heterocycles. The van der Waals surface area contributed by atoms with Gasteiger partial charge >= 0.3 is 12.1 Å². The van der Waals surface area contributed by atoms with E-state index in [1.165, 1.54) is 12.1 Å². The Morgan fingerprint density at radius 2 is 2.11 bits per heavy atom. The van der Waals surface area contributed by atoms with Crippen LogP contribution in [0.4, 0.5) is 13.2 Å². The number of rotatable bonds is 3. The number of carbonyl (C=O) groups is 1. The minimum atomic E-state index is -4.48. The van der Waals surface area contributed by atoms with Gasteiger partial charge in [0.05, 0.1) is 11.8 Å². The van der Waals surface area contributed by atoms with Gasteiger partial charge in [-0.15, -0.1) is 0 Å². The van der Waals surface area contributed by atoms with E-state index in [4.69, 9.17) is 9.84 Å². The summed E-state index contributed by atoms with van der Waals surface area (Å²) in [7, 11) is 0. The van der Waals surface area contributed by atoms with Crippen molar-refractivity contribution in [3.05, 3.63) is 41.7 Å². The summed E-state index contributed by atoms with van der Waals surface area (Å²) in [6.45, 7) is 0. The average molecular weight is 272 g/mol. The van der Waals surface area contributed by atoms with Crippen molar-refractivity contribution >= 4 is 5.97 Å². The number of hydrogen-bond donors (Lipinski definition) is 2. The highest BCUT2D eigenvalue weighted by atomic mass is 19.4. The summed E-state index contributed by atoms with van der Waals surface area (Å²) >= 11 is 0. The first-order valence-electron chi connectivity index (χ1n) is 4.99. The number of halogens is 3. The summed E-state index contributed by atoms with van der Waals surface area (Å²) in [5, 5.41) is 8.64. The van der Waals surface area contributed by atoms with Crippen molar-refractivity contribution < 1.29 is 27.8 Å². The van der Waals surface area contributed by atoms with Crippen LogP contribution in [0.2, 0.25) is 0 Å². The van der Waals surface area contributed by atoms with Crippen LogP contribution < -0.4 is 4.74 Å². The number of nitrogens with zero attached hydrogens (tertiary/aromatic N) is 1. The molecule has 2 aromatic rings. The van der Waals surface area contributed by atoms with E-state index in [-0.39, 0.29) is 17.5 Å². The normalized spacial score (nSPS) is 11.3. The zero-order valence-electron chi connectivity index (χ0n) is 9.23. The Balaban J connectivity index is 2.21. The highest BCUT2D eigenvalue weighted by molar-refractivity contribution is 5.85. The van der Waals surface area contributed by atoms with Crippen LogP contribution in [0.3, 0.4) is 0 Å². The fourth-order valence-electron chi connectivity index (χ4n) is 1.31. The molecule has 2 N–H and O–H groups in total. The predicted molar refractivity (Wildman–Crippen MR) is 57.1 cm³/mol. The second-order valence-corrected chi connectivity index (χ2v) is 3.53. The van der Waals surface area contributed by atoms with Gasteiger partial charge in [-0.2, -0.15) is 13.2 Å². The Kier molecular flexibility index (Phi) is 3.16. The monoisotopic (exact) mass is 272 g/mol. The Morgan fingerprint density at radius 1 is 1.37 bits per heavy atom. The number of H-pyrrole nitrogens is 1. The molecule has 1 heterocycles. The molecule has 0 saturated heterocycles. The van der Waals surface area contributed by atoms with E-state index in [1.54, 1.807) is 0 Å². The van der Waals surface area contributed by atoms with Crippen molar-refractivity contribution in [2.45, 2.75) is 6.18 Å². The molecule has 2 rings (SSSR count). The van der Waals surface area contributed by atoms with E-state index in [1.807, 2.05) is 0 Å². The quantitative estimate of drug-likeness (QED) is 0.900. The summed E-state index contributed by atoms with van der Waals surface area (Å²) in [6.07, 6.45) is -3.47. The topological polar surface area (TPSA) is 75.2 Å². The van der Waals surface area contributed by atoms with Gasteiger partial charge < -0.3 is 14.8 Å². The predicted octanol–water partition coefficient (Wildman–Crippen LogP) is 2.92. The fourth-order valence-corrected chi connectivity index (χ4v) is 1.31. The minimum absolute atomic E-state index is 0.0962. The SMILES string of the molecule is O=C(O)c1cnc(Oc2cccc(C(F)(F)F)c2)[nH]1. The van der Waals surface area contributed by atoms with Gasteiger partial charge in [0.25, 0.3) is 6.01 Å². The number of aromatic amines is 1. The molecule has 100 valence electrons. The number of carboxylic acid groups (broad SMARTS) is 1. The first-order chi connectivity index (χ1) is 8.86. The third-order valence-corrected chi connectivity index (χ3v) is 2.16. The molecule has 0 saturated carbocycles. The minimum Gasteiger partial charge on any atom is -0.477 e. The van der Waals surface area contributed by atoms with Crippen LogP contribution in [-0.4, -0.2) is 21.0 Å². The maximum Gasteiger partial charge on any atom is 0.416 e. The van der Waals surface area contributed by atoms with Crippen LogP contribution in [0.1, 0.15) is 16.1 Å². The van der Waals surface area contributed by atoms with Crippen molar-refractivity contribution in [1.29, 1.82) is 0 Å². The number of nitrogens with one attached hydrogen (secondary N) is 1. The maximum absolute atomic E-state index is 12.5. The van der Waals surface area contributed by atoms with E-state index in [2.05, 4.69) is 9.97 Å². The van der Waals surface area contributed by atoms with Crippen molar-refractivity contribution in [2.24, 2.45) is 0 Å². The Hall–Kier alpha value is -2.51. The summed E-state index contributed by atoms with van der Waals surface area (Å²) in [4.78, 5) is 16.5. The third-order valence-electron chi connectivity index (χ3n) is 2.16. The number of ether oxygens (including phenoxy) is 1. The highest BCUT2D eigenvalue weighted by Crippen LogP contribution is 2.32. The molecule has 8 heteroatoms. The van der Waals surface area contributed by atoms with E-state index >= 15 is 0 Å². The van der Waals surface area contributed by atoms with Gasteiger partial charge in [-0.05, 0) is 18.2 Å². The van der Waals surface area contributed by atoms with E-state index < -0.39 is 17.7 Å². The molecule has 0 aliphatic rings. The van der Waals surface area contributed by atoms with Crippen LogP contribution in [0.5, 0.6) is 11.8 Å². The summed E-state index contributed by atoms with van der Waals surface area (Å²) in [5.74, 6) is -1.34. The van der Waals surface area contributed by atoms with Gasteiger partial charge in [0.15, 0.2) is 0 Å². The van der Waals surface area contributed by atoms with Gasteiger partial charge in [0, 0.05) is 0 Å². The lowest BCUT2D eigenvalue weighted by Gasteiger charge is -2.08. The van der Waals surface area contributed by atoms with Crippen LogP contribution in [-0.2, 0) is 6.18 Å². The van der Waals surface area contributed by atoms with Gasteiger partial charge in [-0.3, -0.25) is 0 Å². The van der Waals surface area contributed by atoms with E-state index in [0.29, 0.717) is 0 Å². The summed E-state index contributed by atoms with van der Waals surface area (Å²) in [5.41, 5.74) is -1.09. The summed E-state index contributed by atoms with van der Waals surface area (Å²) < 4.78 is 42.4. The molecule has 5 nitrogen and oxygen atoms in total. The molecular formula is C11H7F3N2O3. The van der Waals surface area contributed by atoms with Gasteiger partial charge in [0.2, 0.25) is 0 Å². The van der Waals surface area contributed by atoms with Crippen molar-refractivity contribution in [3.8, 4) is 11.8 Å². The molecule has 0 unspecified atom stereocenters. The largest absolute Gasteiger partial charge is 0.477 e. The lowest BCUT2D eigenvalue weighted by atomic mass is 10.2. The molecule has 0 amide bonds. The van der Waals surface area contributed by atoms with Crippen molar-refractivity contribution in [2.75, 3.05) is 0 Å². The molecule has 0 spiro atoms. The Morgan fingerprint density at radius 3 is 2.68 bits per heavy atom. The standard InChI is InChI=1S/C11H7F3N2O3/c12-11(13,14)6-2-1-3-7(4-6)19-10-15-5-8(16-10)9(17)18/h1-5H,(H,15,16)(H,17,18). The lowest BCUT2D eigenvalue weighted by Crippen LogP contribution is -2.04. The Labute approximate surface area is 104 Å². The van der Waals surface area contributed by atoms with E-state index in [9.17, 15) is 18.0 Å². The summed E-state index contributed by atoms with van der Waals surface area (Å²) in [6, 6.07) is 3.98. The van der Waals surface area contributed by atoms with Gasteiger partial charge in [-0.25, -0.2) is 9.78 Å². The number of carboxylic acids is 1. The molecule has 1 aromatic carbocycles. The van der Waals surface area contributed by atoms with Crippen LogP contribution in [0.15, 0.2) is 30.5 Å². The van der Waals surface area contributed by atoms with Crippen LogP contribution in [0.25, 0.3) is 0 Å². The molecule has 19 heavy (non-hydrogen) atoms. The molecule has 0 aliphatic heterocycles. The number of aromatic nitrogens is 2. The molecular weight excluding hydrogens is 265 g/mol. The lowest BCUT2D eigenvalue weighted by molar-refractivity contribution is -0.137. The average Bonchev–Trinajstić information content (AvgIpc) is 2.77. The Bertz CT molecular complexity index is 607. The highest BCUT2D eigenvalue weighted by Gasteiger charge is 2.30. The molecule has 0 atom stereocenters. The molecule has 0 aliphatic carbocycles. The second kappa shape index (κ2) is 4.63. The maximum atomic E-state index is 12.5. The number of alkyl halides is 3. The van der Waals surface area contributed by atoms with Crippen LogP contribution >= 0.6 is 0 Å². The van der Waals surface area contributed by atoms with Gasteiger partial charge in [0.1, 0.15) is 11.4 Å². The number of hydrogen-bond acceptors (Lipinski definition) is 3.